The van der Waals surface area contributed by atoms with Gasteiger partial charge in [0.2, 0.25) is 5.95 Å². The Morgan fingerprint density at radius 3 is 2.67 bits per heavy atom. The Balaban J connectivity index is 1.56. The number of nitrogens with one attached hydrogen (secondary N) is 2. The number of carbonyl (C=O) groups excluding carboxylic acids is 1. The number of fused-ring (bicyclic) bond motifs is 1. The molecule has 40 heavy (non-hydrogen) atoms. The molecule has 4 rings (SSSR count). The Bertz CT molecular complexity index is 1430. The number of terminal acetylenes is 1. The molecular weight excluding hydrogens is 541 g/mol. The summed E-state index contributed by atoms with van der Waals surface area (Å²) in [5.41, 5.74) is 6.63. The van der Waals surface area contributed by atoms with Crippen LogP contribution in [0.4, 0.5) is 11.8 Å². The molecule has 214 valence electrons. The van der Waals surface area contributed by atoms with Gasteiger partial charge in [-0.15, -0.1) is 6.42 Å². The maximum Gasteiger partial charge on any atom is 0.459 e. The molecule has 0 aliphatic carbocycles. The van der Waals surface area contributed by atoms with E-state index in [9.17, 15) is 14.5 Å². The Labute approximate surface area is 231 Å². The van der Waals surface area contributed by atoms with Crippen LogP contribution in [0.25, 0.3) is 11.2 Å². The van der Waals surface area contributed by atoms with Gasteiger partial charge in [-0.1, -0.05) is 24.1 Å². The minimum Gasteiger partial charge on any atom is -0.462 e. The van der Waals surface area contributed by atoms with Gasteiger partial charge >= 0.3 is 13.7 Å². The number of aliphatic hydroxyl groups is 1. The van der Waals surface area contributed by atoms with Crippen molar-refractivity contribution in [2.75, 3.05) is 24.7 Å². The van der Waals surface area contributed by atoms with Crippen LogP contribution in [-0.4, -0.2) is 68.6 Å². The standard InChI is InChI=1S/C25H32N7O7P/c1-6-17-20(33)18(38-23(17)32-13-28-19-21(27-5)29-25(26)30-22(19)32)12-36-40(35,39-16-10-8-7-9-11-16)31-15(4)24(34)37-14(2)3/h1,7-11,13-15,17-18,20,23,33H,12H2,2-5H3,(H,31,35)(H3,26,27,29,30)/t15-,17+,18-,20+,23-,40?/m1/s1. The van der Waals surface area contributed by atoms with Crippen LogP contribution in [0.2, 0.25) is 0 Å². The number of anilines is 2. The number of nitrogens with zero attached hydrogens (tertiary/aromatic N) is 4. The second kappa shape index (κ2) is 12.2. The Morgan fingerprint density at radius 2 is 2.02 bits per heavy atom. The molecule has 1 unspecified atom stereocenters. The van der Waals surface area contributed by atoms with Crippen molar-refractivity contribution in [3.05, 3.63) is 36.7 Å². The highest BCUT2D eigenvalue weighted by molar-refractivity contribution is 7.52. The first-order valence-electron chi connectivity index (χ1n) is 12.5. The molecule has 1 saturated heterocycles. The molecule has 6 atom stereocenters. The predicted octanol–water partition coefficient (Wildman–Crippen LogP) is 2.09. The molecular formula is C25H32N7O7P. The monoisotopic (exact) mass is 573 g/mol. The van der Waals surface area contributed by atoms with Crippen molar-refractivity contribution in [1.82, 2.24) is 24.6 Å². The Hall–Kier alpha value is -3.73. The lowest BCUT2D eigenvalue weighted by atomic mass is 10.0. The van der Waals surface area contributed by atoms with E-state index in [1.807, 2.05) is 0 Å². The third kappa shape index (κ3) is 6.35. The first kappa shape index (κ1) is 29.3. The Kier molecular flexibility index (Phi) is 8.92. The molecule has 0 spiro atoms. The number of rotatable bonds is 11. The van der Waals surface area contributed by atoms with Gasteiger partial charge in [0.05, 0.1) is 25.0 Å². The molecule has 2 aromatic heterocycles. The first-order chi connectivity index (χ1) is 19.0. The lowest BCUT2D eigenvalue weighted by Crippen LogP contribution is -2.37. The number of esters is 1. The number of nitrogen functional groups attached to an aromatic ring is 1. The lowest BCUT2D eigenvalue weighted by molar-refractivity contribution is -0.149. The third-order valence-corrected chi connectivity index (χ3v) is 7.59. The zero-order valence-electron chi connectivity index (χ0n) is 22.4. The number of aliphatic hydroxyl groups excluding tert-OH is 1. The fourth-order valence-electron chi connectivity index (χ4n) is 4.10. The van der Waals surface area contributed by atoms with E-state index in [4.69, 9.17) is 30.7 Å². The number of carbonyl (C=O) groups is 1. The molecule has 1 fully saturated rings. The summed E-state index contributed by atoms with van der Waals surface area (Å²) >= 11 is 0. The van der Waals surface area contributed by atoms with Crippen LogP contribution in [0, 0.1) is 18.3 Å². The quantitative estimate of drug-likeness (QED) is 0.149. The molecule has 1 aliphatic rings. The molecule has 14 nitrogen and oxygen atoms in total. The second-order valence-electron chi connectivity index (χ2n) is 9.29. The van der Waals surface area contributed by atoms with Crippen LogP contribution in [0.1, 0.15) is 27.0 Å². The molecule has 5 N–H and O–H groups in total. The second-order valence-corrected chi connectivity index (χ2v) is 11.0. The van der Waals surface area contributed by atoms with Gasteiger partial charge in [0.1, 0.15) is 24.0 Å². The maximum atomic E-state index is 13.8. The van der Waals surface area contributed by atoms with E-state index < -0.39 is 50.7 Å². The summed E-state index contributed by atoms with van der Waals surface area (Å²) in [4.78, 5) is 25.1. The van der Waals surface area contributed by atoms with Crippen molar-refractivity contribution in [1.29, 1.82) is 0 Å². The first-order valence-corrected chi connectivity index (χ1v) is 14.0. The molecule has 0 radical (unpaired) electrons. The van der Waals surface area contributed by atoms with E-state index in [1.54, 1.807) is 55.8 Å². The van der Waals surface area contributed by atoms with E-state index in [0.717, 1.165) is 0 Å². The predicted molar refractivity (Wildman–Crippen MR) is 146 cm³/mol. The summed E-state index contributed by atoms with van der Waals surface area (Å²) in [5.74, 6) is 1.70. The summed E-state index contributed by atoms with van der Waals surface area (Å²) in [5, 5.41) is 16.5. The molecule has 1 aromatic carbocycles. The van der Waals surface area contributed by atoms with Crippen molar-refractivity contribution < 1.29 is 33.0 Å². The summed E-state index contributed by atoms with van der Waals surface area (Å²) in [6.07, 6.45) is 3.69. The van der Waals surface area contributed by atoms with Gasteiger partial charge in [-0.25, -0.2) is 9.55 Å². The zero-order valence-corrected chi connectivity index (χ0v) is 23.3. The van der Waals surface area contributed by atoms with Gasteiger partial charge in [0.15, 0.2) is 23.2 Å². The van der Waals surface area contributed by atoms with Crippen LogP contribution < -0.4 is 20.7 Å². The number of aromatic nitrogens is 4. The topological polar surface area (TPSA) is 185 Å². The largest absolute Gasteiger partial charge is 0.462 e. The number of nitrogens with two attached hydrogens (primary N) is 1. The van der Waals surface area contributed by atoms with E-state index in [1.165, 1.54) is 13.3 Å². The van der Waals surface area contributed by atoms with Crippen molar-refractivity contribution in [3.8, 4) is 18.1 Å². The number of para-hydroxylation sites is 1. The van der Waals surface area contributed by atoms with Crippen LogP contribution in [0.5, 0.6) is 5.75 Å². The fraction of sp³-hybridized carbons (Fsp3) is 0.440. The Morgan fingerprint density at radius 1 is 1.30 bits per heavy atom. The van der Waals surface area contributed by atoms with Gasteiger partial charge in [0, 0.05) is 7.05 Å². The summed E-state index contributed by atoms with van der Waals surface area (Å²) in [6.45, 7) is 4.46. The van der Waals surface area contributed by atoms with Crippen molar-refractivity contribution >= 4 is 36.6 Å². The minimum absolute atomic E-state index is 0.00414. The molecule has 0 saturated carbocycles. The maximum absolute atomic E-state index is 13.8. The smallest absolute Gasteiger partial charge is 0.459 e. The third-order valence-electron chi connectivity index (χ3n) is 5.95. The molecule has 3 heterocycles. The van der Waals surface area contributed by atoms with Crippen LogP contribution >= 0.6 is 7.75 Å². The van der Waals surface area contributed by atoms with E-state index in [-0.39, 0.29) is 17.8 Å². The van der Waals surface area contributed by atoms with Gasteiger partial charge < -0.3 is 30.2 Å². The van der Waals surface area contributed by atoms with E-state index in [0.29, 0.717) is 17.0 Å². The zero-order chi connectivity index (χ0) is 29.0. The van der Waals surface area contributed by atoms with Crippen molar-refractivity contribution in [3.63, 3.8) is 0 Å². The fourth-order valence-corrected chi connectivity index (χ4v) is 5.60. The van der Waals surface area contributed by atoms with Gasteiger partial charge in [0.25, 0.3) is 0 Å². The average Bonchev–Trinajstić information content (AvgIpc) is 3.47. The number of imidazole rings is 1. The number of ether oxygens (including phenoxy) is 2. The highest BCUT2D eigenvalue weighted by atomic mass is 31.2. The highest BCUT2D eigenvalue weighted by Crippen LogP contribution is 2.46. The van der Waals surface area contributed by atoms with Gasteiger partial charge in [-0.05, 0) is 32.9 Å². The summed E-state index contributed by atoms with van der Waals surface area (Å²) in [6, 6.07) is 7.26. The molecule has 0 amide bonds. The SMILES string of the molecule is C#C[C@H]1[C@H](O)[C@@H](COP(=O)(N[C@H](C)C(=O)OC(C)C)Oc2ccccc2)O[C@H]1n1cnc2c(NC)nc(N)nc21. The molecule has 0 bridgehead atoms. The normalized spacial score (nSPS) is 22.9. The van der Waals surface area contributed by atoms with Crippen LogP contribution in [0.3, 0.4) is 0 Å². The van der Waals surface area contributed by atoms with Gasteiger partial charge in [-0.2, -0.15) is 15.1 Å². The van der Waals surface area contributed by atoms with E-state index >= 15 is 0 Å². The van der Waals surface area contributed by atoms with Crippen molar-refractivity contribution in [2.24, 2.45) is 5.92 Å². The van der Waals surface area contributed by atoms with Crippen LogP contribution in [0.15, 0.2) is 36.7 Å². The molecule has 3 aromatic rings. The number of hydrogen-bond donors (Lipinski definition) is 4. The van der Waals surface area contributed by atoms with Gasteiger partial charge in [-0.3, -0.25) is 13.9 Å². The molecule has 1 aliphatic heterocycles. The highest BCUT2D eigenvalue weighted by Gasteiger charge is 2.46. The molecule has 15 heteroatoms. The van der Waals surface area contributed by atoms with Crippen LogP contribution in [-0.2, 0) is 23.4 Å². The number of hydrogen-bond acceptors (Lipinski definition) is 12. The average molecular weight is 574 g/mol. The van der Waals surface area contributed by atoms with E-state index in [2.05, 4.69) is 31.3 Å². The lowest BCUT2D eigenvalue weighted by Gasteiger charge is -2.25. The van der Waals surface area contributed by atoms with Crippen molar-refractivity contribution in [2.45, 2.75) is 51.4 Å². The summed E-state index contributed by atoms with van der Waals surface area (Å²) in [7, 11) is -2.53. The number of benzene rings is 1. The minimum atomic E-state index is -4.20. The summed E-state index contributed by atoms with van der Waals surface area (Å²) < 4.78 is 38.0.